The second kappa shape index (κ2) is 8.14. The van der Waals surface area contributed by atoms with Crippen molar-refractivity contribution in [2.75, 3.05) is 20.3 Å². The molecule has 1 unspecified atom stereocenters. The zero-order valence-electron chi connectivity index (χ0n) is 12.8. The van der Waals surface area contributed by atoms with Crippen LogP contribution in [0.25, 0.3) is 0 Å². The Morgan fingerprint density at radius 2 is 2.00 bits per heavy atom. The predicted octanol–water partition coefficient (Wildman–Crippen LogP) is 1.45. The lowest BCUT2D eigenvalue weighted by atomic mass is 10.2. The summed E-state index contributed by atoms with van der Waals surface area (Å²) in [7, 11) is 1.53. The molecule has 1 aromatic carbocycles. The molecule has 0 heterocycles. The van der Waals surface area contributed by atoms with E-state index < -0.39 is 17.9 Å². The lowest BCUT2D eigenvalue weighted by Gasteiger charge is -2.14. The molecule has 1 aromatic rings. The highest BCUT2D eigenvalue weighted by atomic mass is 16.5. The van der Waals surface area contributed by atoms with Crippen LogP contribution in [0.4, 0.5) is 0 Å². The summed E-state index contributed by atoms with van der Waals surface area (Å²) < 4.78 is 15.4. The van der Waals surface area contributed by atoms with Crippen LogP contribution in [-0.2, 0) is 14.3 Å². The molecule has 0 saturated carbocycles. The lowest BCUT2D eigenvalue weighted by Crippen LogP contribution is -2.41. The lowest BCUT2D eigenvalue weighted by molar-refractivity contribution is -0.147. The fourth-order valence-electron chi connectivity index (χ4n) is 1.65. The second-order valence-corrected chi connectivity index (χ2v) is 4.48. The van der Waals surface area contributed by atoms with Gasteiger partial charge in [-0.25, -0.2) is 4.79 Å². The normalized spacial score (nSPS) is 11.4. The molecule has 1 N–H and O–H groups in total. The highest BCUT2D eigenvalue weighted by Crippen LogP contribution is 2.27. The van der Waals surface area contributed by atoms with Crippen LogP contribution < -0.4 is 14.8 Å². The van der Waals surface area contributed by atoms with E-state index in [9.17, 15) is 9.59 Å². The fourth-order valence-corrected chi connectivity index (χ4v) is 1.65. The molecule has 0 aromatic heterocycles. The average Bonchev–Trinajstić information content (AvgIpc) is 2.45. The summed E-state index contributed by atoms with van der Waals surface area (Å²) in [6.07, 6.45) is 0. The van der Waals surface area contributed by atoms with Crippen molar-refractivity contribution in [1.82, 2.24) is 5.32 Å². The second-order valence-electron chi connectivity index (χ2n) is 4.48. The number of amides is 1. The van der Waals surface area contributed by atoms with Gasteiger partial charge in [-0.2, -0.15) is 0 Å². The largest absolute Gasteiger partial charge is 0.493 e. The third-order valence-electron chi connectivity index (χ3n) is 2.70. The highest BCUT2D eigenvalue weighted by molar-refractivity contribution is 5.84. The van der Waals surface area contributed by atoms with Gasteiger partial charge in [0.2, 0.25) is 0 Å². The fraction of sp³-hybridized carbons (Fsp3) is 0.467. The van der Waals surface area contributed by atoms with Crippen LogP contribution >= 0.6 is 0 Å². The highest BCUT2D eigenvalue weighted by Gasteiger charge is 2.17. The summed E-state index contributed by atoms with van der Waals surface area (Å²) in [6.45, 7) is 5.26. The standard InChI is InChI=1S/C15H21NO5/c1-5-20-15(18)11(3)16-14(17)9-21-12-7-6-10(2)8-13(12)19-4/h6-8,11H,5,9H2,1-4H3,(H,16,17). The maximum atomic E-state index is 11.7. The molecular formula is C15H21NO5. The molecule has 0 aliphatic carbocycles. The summed E-state index contributed by atoms with van der Waals surface area (Å²) in [4.78, 5) is 23.1. The Morgan fingerprint density at radius 3 is 2.62 bits per heavy atom. The molecule has 0 spiro atoms. The molecule has 116 valence electrons. The minimum absolute atomic E-state index is 0.205. The summed E-state index contributed by atoms with van der Waals surface area (Å²) >= 11 is 0. The van der Waals surface area contributed by atoms with Gasteiger partial charge in [0, 0.05) is 0 Å². The van der Waals surface area contributed by atoms with Crippen molar-refractivity contribution in [2.45, 2.75) is 26.8 Å². The van der Waals surface area contributed by atoms with Crippen LogP contribution in [0.2, 0.25) is 0 Å². The molecule has 0 bridgehead atoms. The van der Waals surface area contributed by atoms with Crippen LogP contribution in [0.1, 0.15) is 19.4 Å². The first kappa shape index (κ1) is 16.8. The number of benzene rings is 1. The van der Waals surface area contributed by atoms with E-state index in [0.29, 0.717) is 11.5 Å². The third kappa shape index (κ3) is 5.33. The molecule has 0 aliphatic rings. The average molecular weight is 295 g/mol. The summed E-state index contributed by atoms with van der Waals surface area (Å²) in [5, 5.41) is 2.50. The monoisotopic (exact) mass is 295 g/mol. The number of rotatable bonds is 7. The summed E-state index contributed by atoms with van der Waals surface area (Å²) in [6, 6.07) is 4.70. The zero-order chi connectivity index (χ0) is 15.8. The molecule has 0 aliphatic heterocycles. The number of hydrogen-bond donors (Lipinski definition) is 1. The van der Waals surface area contributed by atoms with Gasteiger partial charge in [0.25, 0.3) is 5.91 Å². The van der Waals surface area contributed by atoms with E-state index in [4.69, 9.17) is 14.2 Å². The quantitative estimate of drug-likeness (QED) is 0.771. The van der Waals surface area contributed by atoms with Gasteiger partial charge in [0.15, 0.2) is 18.1 Å². The molecule has 0 radical (unpaired) electrons. The topological polar surface area (TPSA) is 73.9 Å². The SMILES string of the molecule is CCOC(=O)C(C)NC(=O)COc1ccc(C)cc1OC. The van der Waals surface area contributed by atoms with E-state index in [1.807, 2.05) is 19.1 Å². The number of esters is 1. The number of ether oxygens (including phenoxy) is 3. The van der Waals surface area contributed by atoms with E-state index >= 15 is 0 Å². The van der Waals surface area contributed by atoms with Gasteiger partial charge in [0.1, 0.15) is 6.04 Å². The van der Waals surface area contributed by atoms with Gasteiger partial charge in [-0.3, -0.25) is 4.79 Å². The van der Waals surface area contributed by atoms with Crippen LogP contribution in [0.5, 0.6) is 11.5 Å². The molecule has 6 heteroatoms. The van der Waals surface area contributed by atoms with Crippen molar-refractivity contribution in [1.29, 1.82) is 0 Å². The minimum Gasteiger partial charge on any atom is -0.493 e. The van der Waals surface area contributed by atoms with Crippen molar-refractivity contribution < 1.29 is 23.8 Å². The first-order valence-electron chi connectivity index (χ1n) is 6.71. The van der Waals surface area contributed by atoms with Gasteiger partial charge in [-0.15, -0.1) is 0 Å². The third-order valence-corrected chi connectivity index (χ3v) is 2.70. The number of carbonyl (C=O) groups excluding carboxylic acids is 2. The molecule has 6 nitrogen and oxygen atoms in total. The Kier molecular flexibility index (Phi) is 6.52. The van der Waals surface area contributed by atoms with E-state index in [0.717, 1.165) is 5.56 Å². The van der Waals surface area contributed by atoms with E-state index in [2.05, 4.69) is 5.32 Å². The maximum absolute atomic E-state index is 11.7. The Bertz CT molecular complexity index is 501. The van der Waals surface area contributed by atoms with Crippen LogP contribution in [0.3, 0.4) is 0 Å². The van der Waals surface area contributed by atoms with Crippen LogP contribution in [0.15, 0.2) is 18.2 Å². The van der Waals surface area contributed by atoms with E-state index in [1.54, 1.807) is 19.9 Å². The Hall–Kier alpha value is -2.24. The Balaban J connectivity index is 2.51. The molecular weight excluding hydrogens is 274 g/mol. The molecule has 0 saturated heterocycles. The van der Waals surface area contributed by atoms with Crippen molar-refractivity contribution in [3.63, 3.8) is 0 Å². The zero-order valence-corrected chi connectivity index (χ0v) is 12.8. The smallest absolute Gasteiger partial charge is 0.328 e. The van der Waals surface area contributed by atoms with Crippen molar-refractivity contribution in [3.05, 3.63) is 23.8 Å². The molecule has 21 heavy (non-hydrogen) atoms. The molecule has 1 rings (SSSR count). The number of nitrogens with one attached hydrogen (secondary N) is 1. The van der Waals surface area contributed by atoms with Crippen molar-refractivity contribution >= 4 is 11.9 Å². The van der Waals surface area contributed by atoms with Crippen molar-refractivity contribution in [2.24, 2.45) is 0 Å². The number of hydrogen-bond acceptors (Lipinski definition) is 5. The predicted molar refractivity (Wildman–Crippen MR) is 77.5 cm³/mol. The van der Waals surface area contributed by atoms with Crippen LogP contribution in [-0.4, -0.2) is 38.2 Å². The number of methoxy groups -OCH3 is 1. The van der Waals surface area contributed by atoms with Gasteiger partial charge in [-0.05, 0) is 38.5 Å². The Morgan fingerprint density at radius 1 is 1.29 bits per heavy atom. The first-order valence-corrected chi connectivity index (χ1v) is 6.71. The van der Waals surface area contributed by atoms with Crippen LogP contribution in [0, 0.1) is 6.92 Å². The number of aryl methyl sites for hydroxylation is 1. The Labute approximate surface area is 124 Å². The van der Waals surface area contributed by atoms with Gasteiger partial charge in [-0.1, -0.05) is 6.07 Å². The van der Waals surface area contributed by atoms with Gasteiger partial charge in [0.05, 0.1) is 13.7 Å². The van der Waals surface area contributed by atoms with Crippen molar-refractivity contribution in [3.8, 4) is 11.5 Å². The summed E-state index contributed by atoms with van der Waals surface area (Å²) in [5.74, 6) is 0.153. The molecule has 0 fully saturated rings. The summed E-state index contributed by atoms with van der Waals surface area (Å²) in [5.41, 5.74) is 1.03. The van der Waals surface area contributed by atoms with Gasteiger partial charge >= 0.3 is 5.97 Å². The first-order chi connectivity index (χ1) is 9.97. The number of carbonyl (C=O) groups is 2. The molecule has 1 amide bonds. The maximum Gasteiger partial charge on any atom is 0.328 e. The van der Waals surface area contributed by atoms with E-state index in [-0.39, 0.29) is 13.2 Å². The van der Waals surface area contributed by atoms with E-state index in [1.165, 1.54) is 7.11 Å². The molecule has 1 atom stereocenters. The minimum atomic E-state index is -0.707. The van der Waals surface area contributed by atoms with Gasteiger partial charge < -0.3 is 19.5 Å².